The standard InChI is InChI=1S/C16H19FN2O3/c1-21-11-10-18-8-9-19-16(20)15-7-6-14(22-15)12-2-4-13(17)5-3-12/h2-7,18H,8-11H2,1H3,(H,19,20). The maximum absolute atomic E-state index is 12.9. The predicted octanol–water partition coefficient (Wildman–Crippen LogP) is 2.05. The van der Waals surface area contributed by atoms with Gasteiger partial charge in [0, 0.05) is 32.3 Å². The van der Waals surface area contributed by atoms with Crippen LogP contribution in [-0.2, 0) is 4.74 Å². The number of amides is 1. The summed E-state index contributed by atoms with van der Waals surface area (Å²) in [6.07, 6.45) is 0. The highest BCUT2D eigenvalue weighted by atomic mass is 19.1. The first-order valence-electron chi connectivity index (χ1n) is 7.04. The van der Waals surface area contributed by atoms with E-state index < -0.39 is 0 Å². The van der Waals surface area contributed by atoms with Crippen LogP contribution in [0.5, 0.6) is 0 Å². The molecule has 0 aliphatic carbocycles. The highest BCUT2D eigenvalue weighted by Crippen LogP contribution is 2.22. The molecule has 0 aliphatic rings. The molecule has 1 heterocycles. The van der Waals surface area contributed by atoms with E-state index in [1.807, 2.05) is 0 Å². The van der Waals surface area contributed by atoms with Crippen LogP contribution in [0.1, 0.15) is 10.6 Å². The zero-order valence-electron chi connectivity index (χ0n) is 12.4. The third kappa shape index (κ3) is 4.68. The zero-order chi connectivity index (χ0) is 15.8. The topological polar surface area (TPSA) is 63.5 Å². The van der Waals surface area contributed by atoms with Crippen molar-refractivity contribution in [3.8, 4) is 11.3 Å². The van der Waals surface area contributed by atoms with Crippen LogP contribution in [0.2, 0.25) is 0 Å². The van der Waals surface area contributed by atoms with E-state index in [9.17, 15) is 9.18 Å². The average molecular weight is 306 g/mol. The number of furan rings is 1. The molecule has 0 bridgehead atoms. The molecular weight excluding hydrogens is 287 g/mol. The Morgan fingerprint density at radius 3 is 2.64 bits per heavy atom. The smallest absolute Gasteiger partial charge is 0.287 e. The lowest BCUT2D eigenvalue weighted by atomic mass is 10.2. The highest BCUT2D eigenvalue weighted by molar-refractivity contribution is 5.92. The normalized spacial score (nSPS) is 10.6. The lowest BCUT2D eigenvalue weighted by Crippen LogP contribution is -2.32. The Hall–Kier alpha value is -2.18. The van der Waals surface area contributed by atoms with Gasteiger partial charge in [-0.1, -0.05) is 0 Å². The zero-order valence-corrected chi connectivity index (χ0v) is 12.4. The van der Waals surface area contributed by atoms with Crippen molar-refractivity contribution < 1.29 is 18.3 Å². The number of carbonyl (C=O) groups is 1. The second-order valence-electron chi connectivity index (χ2n) is 4.67. The van der Waals surface area contributed by atoms with Gasteiger partial charge in [0.1, 0.15) is 11.6 Å². The molecule has 2 aromatic rings. The molecule has 0 spiro atoms. The largest absolute Gasteiger partial charge is 0.451 e. The van der Waals surface area contributed by atoms with Gasteiger partial charge >= 0.3 is 0 Å². The summed E-state index contributed by atoms with van der Waals surface area (Å²) in [5.41, 5.74) is 0.724. The molecule has 2 N–H and O–H groups in total. The summed E-state index contributed by atoms with van der Waals surface area (Å²) in [5, 5.41) is 5.88. The Balaban J connectivity index is 1.83. The van der Waals surface area contributed by atoms with Gasteiger partial charge in [0.25, 0.3) is 5.91 Å². The molecule has 5 nitrogen and oxygen atoms in total. The van der Waals surface area contributed by atoms with Crippen molar-refractivity contribution >= 4 is 5.91 Å². The number of ether oxygens (including phenoxy) is 1. The van der Waals surface area contributed by atoms with Crippen molar-refractivity contribution in [2.75, 3.05) is 33.4 Å². The fourth-order valence-corrected chi connectivity index (χ4v) is 1.88. The number of carbonyl (C=O) groups excluding carboxylic acids is 1. The first-order chi connectivity index (χ1) is 10.7. The molecule has 0 saturated carbocycles. The minimum atomic E-state index is -0.311. The number of methoxy groups -OCH3 is 1. The monoisotopic (exact) mass is 306 g/mol. The Morgan fingerprint density at radius 1 is 1.14 bits per heavy atom. The summed E-state index contributed by atoms with van der Waals surface area (Å²) in [4.78, 5) is 11.9. The van der Waals surface area contributed by atoms with Crippen molar-refractivity contribution in [2.45, 2.75) is 0 Å². The number of halogens is 1. The first-order valence-corrected chi connectivity index (χ1v) is 7.04. The molecule has 1 aromatic heterocycles. The summed E-state index contributed by atoms with van der Waals surface area (Å²) >= 11 is 0. The molecule has 22 heavy (non-hydrogen) atoms. The first kappa shape index (κ1) is 16.2. The third-order valence-electron chi connectivity index (χ3n) is 3.03. The van der Waals surface area contributed by atoms with Gasteiger partial charge in [0.15, 0.2) is 5.76 Å². The van der Waals surface area contributed by atoms with Crippen LogP contribution >= 0.6 is 0 Å². The van der Waals surface area contributed by atoms with Crippen LogP contribution in [0.4, 0.5) is 4.39 Å². The van der Waals surface area contributed by atoms with Crippen LogP contribution < -0.4 is 10.6 Å². The summed E-state index contributed by atoms with van der Waals surface area (Å²) in [7, 11) is 1.64. The lowest BCUT2D eigenvalue weighted by molar-refractivity contribution is 0.0927. The van der Waals surface area contributed by atoms with E-state index in [0.717, 1.165) is 12.1 Å². The Kier molecular flexibility index (Phi) is 6.12. The Morgan fingerprint density at radius 2 is 1.91 bits per heavy atom. The molecule has 0 radical (unpaired) electrons. The number of hydrogen-bond donors (Lipinski definition) is 2. The molecular formula is C16H19FN2O3. The summed E-state index contributed by atoms with van der Waals surface area (Å²) in [5.74, 6) is 0.177. The number of nitrogens with one attached hydrogen (secondary N) is 2. The second-order valence-corrected chi connectivity index (χ2v) is 4.67. The maximum Gasteiger partial charge on any atom is 0.287 e. The molecule has 2 rings (SSSR count). The molecule has 1 aromatic carbocycles. The quantitative estimate of drug-likeness (QED) is 0.733. The van der Waals surface area contributed by atoms with Gasteiger partial charge in [-0.05, 0) is 36.4 Å². The minimum absolute atomic E-state index is 0.233. The van der Waals surface area contributed by atoms with Crippen molar-refractivity contribution in [1.29, 1.82) is 0 Å². The molecule has 0 aliphatic heterocycles. The molecule has 6 heteroatoms. The third-order valence-corrected chi connectivity index (χ3v) is 3.03. The van der Waals surface area contributed by atoms with Crippen molar-refractivity contribution in [2.24, 2.45) is 0 Å². The molecule has 0 unspecified atom stereocenters. The molecule has 118 valence electrons. The van der Waals surface area contributed by atoms with Gasteiger partial charge in [-0.25, -0.2) is 4.39 Å². The maximum atomic E-state index is 12.9. The van der Waals surface area contributed by atoms with E-state index in [0.29, 0.717) is 25.5 Å². The van der Waals surface area contributed by atoms with E-state index in [1.54, 1.807) is 31.4 Å². The number of benzene rings is 1. The van der Waals surface area contributed by atoms with E-state index >= 15 is 0 Å². The fraction of sp³-hybridized carbons (Fsp3) is 0.312. The van der Waals surface area contributed by atoms with Crippen LogP contribution in [0.25, 0.3) is 11.3 Å². The average Bonchev–Trinajstić information content (AvgIpc) is 3.01. The van der Waals surface area contributed by atoms with Crippen molar-refractivity contribution in [1.82, 2.24) is 10.6 Å². The van der Waals surface area contributed by atoms with Gasteiger partial charge in [-0.2, -0.15) is 0 Å². The van der Waals surface area contributed by atoms with Gasteiger partial charge in [0.05, 0.1) is 6.61 Å². The van der Waals surface area contributed by atoms with E-state index in [4.69, 9.17) is 9.15 Å². The lowest BCUT2D eigenvalue weighted by Gasteiger charge is -2.05. The van der Waals surface area contributed by atoms with Gasteiger partial charge < -0.3 is 19.8 Å². The fourth-order valence-electron chi connectivity index (χ4n) is 1.88. The van der Waals surface area contributed by atoms with E-state index in [1.165, 1.54) is 12.1 Å². The second kappa shape index (κ2) is 8.31. The summed E-state index contributed by atoms with van der Waals surface area (Å²) in [6.45, 7) is 2.52. The Labute approximate surface area is 128 Å². The van der Waals surface area contributed by atoms with E-state index in [-0.39, 0.29) is 17.5 Å². The number of rotatable bonds is 8. The minimum Gasteiger partial charge on any atom is -0.451 e. The molecule has 0 fully saturated rings. The Bertz CT molecular complexity index is 596. The summed E-state index contributed by atoms with van der Waals surface area (Å²) < 4.78 is 23.3. The highest BCUT2D eigenvalue weighted by Gasteiger charge is 2.11. The molecule has 0 atom stereocenters. The van der Waals surface area contributed by atoms with Crippen molar-refractivity contribution in [3.63, 3.8) is 0 Å². The van der Waals surface area contributed by atoms with Crippen LogP contribution in [0, 0.1) is 5.82 Å². The molecule has 0 saturated heterocycles. The number of hydrogen-bond acceptors (Lipinski definition) is 4. The molecule has 1 amide bonds. The van der Waals surface area contributed by atoms with Crippen molar-refractivity contribution in [3.05, 3.63) is 48.0 Å². The SMILES string of the molecule is COCCNCCNC(=O)c1ccc(-c2ccc(F)cc2)o1. The predicted molar refractivity (Wildman–Crippen MR) is 81.2 cm³/mol. The van der Waals surface area contributed by atoms with Crippen LogP contribution in [0.3, 0.4) is 0 Å². The van der Waals surface area contributed by atoms with Gasteiger partial charge in [0.2, 0.25) is 0 Å². The van der Waals surface area contributed by atoms with Crippen LogP contribution in [-0.4, -0.2) is 39.3 Å². The van der Waals surface area contributed by atoms with Crippen LogP contribution in [0.15, 0.2) is 40.8 Å². The van der Waals surface area contributed by atoms with Gasteiger partial charge in [-0.15, -0.1) is 0 Å². The van der Waals surface area contributed by atoms with Gasteiger partial charge in [-0.3, -0.25) is 4.79 Å². The summed E-state index contributed by atoms with van der Waals surface area (Å²) in [6, 6.07) is 9.21. The van der Waals surface area contributed by atoms with E-state index in [2.05, 4.69) is 10.6 Å².